The lowest BCUT2D eigenvalue weighted by Crippen LogP contribution is -2.39. The number of hydrogen-bond acceptors (Lipinski definition) is 21. The van der Waals surface area contributed by atoms with Gasteiger partial charge in [0.15, 0.2) is 0 Å². The summed E-state index contributed by atoms with van der Waals surface area (Å²) in [6.45, 7) is 5.72. The molecule has 0 bridgehead atoms. The van der Waals surface area contributed by atoms with Gasteiger partial charge in [0.1, 0.15) is 25.8 Å². The van der Waals surface area contributed by atoms with Gasteiger partial charge in [-0.3, -0.25) is 24.0 Å². The molecule has 67 heavy (non-hydrogen) atoms. The van der Waals surface area contributed by atoms with E-state index >= 15 is 0 Å². The summed E-state index contributed by atoms with van der Waals surface area (Å²) in [7, 11) is 0. The van der Waals surface area contributed by atoms with E-state index in [1.54, 1.807) is 9.80 Å². The van der Waals surface area contributed by atoms with E-state index in [-0.39, 0.29) is 129 Å². The van der Waals surface area contributed by atoms with E-state index in [4.69, 9.17) is 57.7 Å². The first-order valence-electron chi connectivity index (χ1n) is 21.4. The number of aromatic nitrogens is 1. The van der Waals surface area contributed by atoms with Crippen LogP contribution in [0.2, 0.25) is 0 Å². The molecule has 2 aliphatic heterocycles. The largest absolute Gasteiger partial charge is 0.492 e. The molecular formula is C40H54N6O15S6. The summed E-state index contributed by atoms with van der Waals surface area (Å²) in [5, 5.41) is 25.3. The minimum Gasteiger partial charge on any atom is -0.492 e. The summed E-state index contributed by atoms with van der Waals surface area (Å²) in [5.74, 6) is -4.12. The highest BCUT2D eigenvalue weighted by Gasteiger charge is 2.28. The molecule has 2 fully saturated rings. The second kappa shape index (κ2) is 29.1. The summed E-state index contributed by atoms with van der Waals surface area (Å²) in [6.07, 6.45) is -0.152. The van der Waals surface area contributed by atoms with E-state index in [1.807, 2.05) is 0 Å². The van der Waals surface area contributed by atoms with E-state index in [1.165, 1.54) is 4.90 Å². The first-order valence-corrected chi connectivity index (χ1v) is 25.5. The minimum atomic E-state index is -0.897. The van der Waals surface area contributed by atoms with Gasteiger partial charge in [0.2, 0.25) is 17.7 Å². The molecule has 5 heterocycles. The number of hydrogen-bond donors (Lipinski definition) is 4. The van der Waals surface area contributed by atoms with Gasteiger partial charge in [-0.1, -0.05) is 24.4 Å². The number of nitrogens with one attached hydrogen (secondary N) is 2. The molecule has 27 heteroatoms. The summed E-state index contributed by atoms with van der Waals surface area (Å²) in [4.78, 5) is 90.9. The molecule has 5 rings (SSSR count). The number of rotatable bonds is 16. The van der Waals surface area contributed by atoms with Gasteiger partial charge in [-0.2, -0.15) is 0 Å². The van der Waals surface area contributed by atoms with Crippen LogP contribution < -0.4 is 15.5 Å². The Morgan fingerprint density at radius 3 is 1.31 bits per heavy atom. The van der Waals surface area contributed by atoms with Crippen LogP contribution in [0.15, 0.2) is 12.1 Å². The number of nitrogens with zero attached hydrogens (tertiary/aromatic N) is 4. The summed E-state index contributed by atoms with van der Waals surface area (Å²) in [5.41, 5.74) is 0. The fourth-order valence-electron chi connectivity index (χ4n) is 6.32. The van der Waals surface area contributed by atoms with Crippen LogP contribution in [0, 0.1) is 6.28 Å². The highest BCUT2D eigenvalue weighted by Crippen LogP contribution is 2.28. The van der Waals surface area contributed by atoms with Crippen LogP contribution in [0.25, 0.3) is 0 Å². The Morgan fingerprint density at radius 1 is 0.567 bits per heavy atom. The molecule has 21 nitrogen and oxygen atoms in total. The average Bonchev–Trinajstić information content (AvgIpc) is 3.99. The Morgan fingerprint density at radius 2 is 0.925 bits per heavy atom. The van der Waals surface area contributed by atoms with E-state index in [0.717, 1.165) is 57.5 Å². The van der Waals surface area contributed by atoms with Gasteiger partial charge >= 0.3 is 5.97 Å². The Labute approximate surface area is 412 Å². The number of ether oxygens (including phenoxy) is 6. The van der Waals surface area contributed by atoms with Crippen molar-refractivity contribution in [2.75, 3.05) is 132 Å². The second-order valence-electron chi connectivity index (χ2n) is 14.4. The Kier molecular flexibility index (Phi) is 23.5. The SMILES string of the molecule is O=C(CCC(=O)N(CCCNC(=O)c1sc(=S)sc1C(=O)N1CCOCCOCCOCC1)CCCNC(=O)c1sc(=S)sc1C(=O)N1CCOCCOCCOCC1)On1c(O)ccc1O. The maximum atomic E-state index is 13.7. The van der Waals surface area contributed by atoms with Crippen LogP contribution in [0.4, 0.5) is 0 Å². The fourth-order valence-corrected chi connectivity index (χ4v) is 11.3. The van der Waals surface area contributed by atoms with Gasteiger partial charge in [-0.25, -0.2) is 4.79 Å². The summed E-state index contributed by atoms with van der Waals surface area (Å²) < 4.78 is 34.6. The van der Waals surface area contributed by atoms with Gasteiger partial charge in [-0.15, -0.1) is 50.1 Å². The lowest BCUT2D eigenvalue weighted by atomic mass is 10.2. The second-order valence-corrected chi connectivity index (χ2v) is 20.8. The van der Waals surface area contributed by atoms with Gasteiger partial charge in [0.25, 0.3) is 23.6 Å². The maximum absolute atomic E-state index is 13.7. The molecule has 2 aliphatic rings. The van der Waals surface area contributed by atoms with Crippen LogP contribution in [-0.4, -0.2) is 197 Å². The van der Waals surface area contributed by atoms with Crippen molar-refractivity contribution in [3.63, 3.8) is 0 Å². The molecule has 0 saturated carbocycles. The molecule has 0 spiro atoms. The Hall–Kier alpha value is -4.00. The number of carbonyl (C=O) groups excluding carboxylic acids is 6. The lowest BCUT2D eigenvalue weighted by molar-refractivity contribution is -0.147. The van der Waals surface area contributed by atoms with Gasteiger partial charge < -0.3 is 68.8 Å². The fraction of sp³-hybridized carbons (Fsp3) is 0.600. The van der Waals surface area contributed by atoms with E-state index in [2.05, 4.69) is 10.6 Å². The zero-order valence-corrected chi connectivity index (χ0v) is 41.5. The first-order chi connectivity index (χ1) is 32.4. The third-order valence-electron chi connectivity index (χ3n) is 9.71. The molecule has 0 unspecified atom stereocenters. The van der Waals surface area contributed by atoms with E-state index in [0.29, 0.717) is 63.9 Å². The van der Waals surface area contributed by atoms with Crippen molar-refractivity contribution in [1.82, 2.24) is 30.1 Å². The molecular weight excluding hydrogens is 997 g/mol. The van der Waals surface area contributed by atoms with E-state index < -0.39 is 41.9 Å². The molecule has 4 N–H and O–H groups in total. The Balaban J connectivity index is 1.18. The van der Waals surface area contributed by atoms with Crippen molar-refractivity contribution in [2.24, 2.45) is 0 Å². The van der Waals surface area contributed by atoms with Gasteiger partial charge in [0, 0.05) is 70.9 Å². The highest BCUT2D eigenvalue weighted by molar-refractivity contribution is 7.77. The molecule has 3 aromatic rings. The van der Waals surface area contributed by atoms with Crippen molar-refractivity contribution in [3.8, 4) is 11.8 Å². The molecule has 3 aromatic heterocycles. The van der Waals surface area contributed by atoms with Crippen molar-refractivity contribution >= 4 is 105 Å². The van der Waals surface area contributed by atoms with Crippen LogP contribution in [0.1, 0.15) is 64.4 Å². The van der Waals surface area contributed by atoms with Crippen LogP contribution in [-0.2, 0) is 38.0 Å². The van der Waals surface area contributed by atoms with Crippen molar-refractivity contribution < 1.29 is 72.2 Å². The molecule has 5 amide bonds. The molecule has 370 valence electrons. The van der Waals surface area contributed by atoms with Crippen molar-refractivity contribution in [3.05, 3.63) is 37.9 Å². The smallest absolute Gasteiger partial charge is 0.333 e. The number of amides is 5. The third kappa shape index (κ3) is 17.8. The average molecular weight is 1050 g/mol. The normalized spacial score (nSPS) is 16.1. The molecule has 0 radical (unpaired) electrons. The predicted octanol–water partition coefficient (Wildman–Crippen LogP) is 2.82. The summed E-state index contributed by atoms with van der Waals surface area (Å²) in [6, 6.07) is 2.25. The molecule has 0 aromatic carbocycles. The molecule has 0 aliphatic carbocycles. The van der Waals surface area contributed by atoms with Gasteiger partial charge in [-0.05, 0) is 12.8 Å². The number of aromatic hydroxyl groups is 2. The topological polar surface area (TPSA) is 246 Å². The Bertz CT molecular complexity index is 2070. The highest BCUT2D eigenvalue weighted by atomic mass is 32.2. The van der Waals surface area contributed by atoms with Crippen LogP contribution in [0.3, 0.4) is 0 Å². The number of carbonyl (C=O) groups is 6. The molecule has 2 saturated heterocycles. The first kappa shape index (κ1) is 53.9. The zero-order chi connectivity index (χ0) is 48.0. The quantitative estimate of drug-likeness (QED) is 0.119. The lowest BCUT2D eigenvalue weighted by Gasteiger charge is -2.24. The standard InChI is InChI=1S/C40H54N6O15S6/c47-27(5-6-30(50)61-46-28(48)3-4-29(46)49)43(9-1-7-41-35(51)31-33(66-39(62)64-31)37(53)44-11-15-55-19-23-59-24-20-56-16-12-44)10-2-8-42-36(52)32-34(67-40(63)65-32)38(54)45-13-17-57-21-25-60-26-22-58-18-14-45/h3-4,48-49H,1-2,5-26H2,(H,41,51)(H,42,52). The van der Waals surface area contributed by atoms with Crippen LogP contribution >= 0.6 is 69.8 Å². The van der Waals surface area contributed by atoms with Crippen molar-refractivity contribution in [1.29, 1.82) is 0 Å². The molecule has 0 atom stereocenters. The predicted molar refractivity (Wildman–Crippen MR) is 252 cm³/mol. The van der Waals surface area contributed by atoms with Crippen LogP contribution in [0.5, 0.6) is 11.8 Å². The third-order valence-corrected chi connectivity index (χ3v) is 15.0. The van der Waals surface area contributed by atoms with Crippen molar-refractivity contribution in [2.45, 2.75) is 25.7 Å². The van der Waals surface area contributed by atoms with Gasteiger partial charge in [0.05, 0.1) is 85.7 Å². The van der Waals surface area contributed by atoms with E-state index in [9.17, 15) is 39.0 Å². The zero-order valence-electron chi connectivity index (χ0n) is 36.6. The maximum Gasteiger partial charge on any atom is 0.333 e. The summed E-state index contributed by atoms with van der Waals surface area (Å²) >= 11 is 14.9. The monoisotopic (exact) mass is 1050 g/mol. The minimum absolute atomic E-state index is 0.105.